The summed E-state index contributed by atoms with van der Waals surface area (Å²) in [6, 6.07) is 15.3. The van der Waals surface area contributed by atoms with Gasteiger partial charge in [-0.1, -0.05) is 48.5 Å². The second-order valence-electron chi connectivity index (χ2n) is 8.16. The predicted octanol–water partition coefficient (Wildman–Crippen LogP) is 2.52. The molecule has 2 aliphatic rings. The average Bonchev–Trinajstić information content (AvgIpc) is 3.39. The third-order valence-corrected chi connectivity index (χ3v) is 6.01. The lowest BCUT2D eigenvalue weighted by atomic mass is 9.98. The highest BCUT2D eigenvalue weighted by molar-refractivity contribution is 5.85. The minimum atomic E-state index is -0.899. The number of alkyl carbamates (subject to hydrolysis) is 1. The molecule has 0 saturated carbocycles. The SMILES string of the molecule is C[C@H](NC(=O)OCC1c2ccccc2-c2ccccc21)C(=O)NCC1CC(C(=O)O)CO1. The summed E-state index contributed by atoms with van der Waals surface area (Å²) in [6.45, 7) is 2.07. The summed E-state index contributed by atoms with van der Waals surface area (Å²) in [5.41, 5.74) is 4.51. The molecule has 8 heteroatoms. The number of carboxylic acids is 1. The summed E-state index contributed by atoms with van der Waals surface area (Å²) in [5, 5.41) is 14.2. The first-order chi connectivity index (χ1) is 15.4. The highest BCUT2D eigenvalue weighted by Gasteiger charge is 2.32. The number of ether oxygens (including phenoxy) is 2. The highest BCUT2D eigenvalue weighted by Crippen LogP contribution is 2.44. The van der Waals surface area contributed by atoms with Gasteiger partial charge >= 0.3 is 12.1 Å². The number of aliphatic carboxylic acids is 1. The summed E-state index contributed by atoms with van der Waals surface area (Å²) in [4.78, 5) is 35.6. The molecule has 3 N–H and O–H groups in total. The molecule has 3 atom stereocenters. The summed E-state index contributed by atoms with van der Waals surface area (Å²) in [5.74, 6) is -1.89. The molecule has 1 heterocycles. The van der Waals surface area contributed by atoms with E-state index in [2.05, 4.69) is 22.8 Å². The van der Waals surface area contributed by atoms with Crippen molar-refractivity contribution < 1.29 is 29.0 Å². The Morgan fingerprint density at radius 1 is 1.09 bits per heavy atom. The van der Waals surface area contributed by atoms with Crippen molar-refractivity contribution in [2.75, 3.05) is 19.8 Å². The zero-order valence-corrected chi connectivity index (χ0v) is 17.7. The van der Waals surface area contributed by atoms with E-state index in [1.54, 1.807) is 6.92 Å². The Hall–Kier alpha value is -3.39. The van der Waals surface area contributed by atoms with Crippen LogP contribution in [0.4, 0.5) is 4.79 Å². The Labute approximate surface area is 185 Å². The molecule has 8 nitrogen and oxygen atoms in total. The number of nitrogens with one attached hydrogen (secondary N) is 2. The van der Waals surface area contributed by atoms with Crippen molar-refractivity contribution >= 4 is 18.0 Å². The topological polar surface area (TPSA) is 114 Å². The van der Waals surface area contributed by atoms with Gasteiger partial charge in [0.2, 0.25) is 5.91 Å². The number of rotatable bonds is 7. The zero-order valence-electron chi connectivity index (χ0n) is 17.7. The van der Waals surface area contributed by atoms with E-state index in [0.717, 1.165) is 22.3 Å². The lowest BCUT2D eigenvalue weighted by molar-refractivity contribution is -0.141. The fourth-order valence-corrected chi connectivity index (χ4v) is 4.27. The Kier molecular flexibility index (Phi) is 6.41. The molecule has 1 aliphatic heterocycles. The highest BCUT2D eigenvalue weighted by atomic mass is 16.5. The quantitative estimate of drug-likeness (QED) is 0.612. The molecule has 0 radical (unpaired) electrons. The number of carboxylic acid groups (broad SMARTS) is 1. The Morgan fingerprint density at radius 3 is 2.31 bits per heavy atom. The number of amides is 2. The second kappa shape index (κ2) is 9.40. The van der Waals surface area contributed by atoms with Gasteiger partial charge in [0, 0.05) is 12.5 Å². The van der Waals surface area contributed by atoms with Crippen LogP contribution in [-0.4, -0.2) is 55.0 Å². The van der Waals surface area contributed by atoms with E-state index in [1.807, 2.05) is 36.4 Å². The van der Waals surface area contributed by atoms with Gasteiger partial charge in [-0.25, -0.2) is 4.79 Å². The van der Waals surface area contributed by atoms with Gasteiger partial charge in [-0.2, -0.15) is 0 Å². The van der Waals surface area contributed by atoms with Crippen LogP contribution < -0.4 is 10.6 Å². The maximum absolute atomic E-state index is 12.3. The summed E-state index contributed by atoms with van der Waals surface area (Å²) in [6.07, 6.45) is -0.664. The molecule has 1 saturated heterocycles. The van der Waals surface area contributed by atoms with Crippen LogP contribution in [0.3, 0.4) is 0 Å². The van der Waals surface area contributed by atoms with Crippen LogP contribution in [0.2, 0.25) is 0 Å². The van der Waals surface area contributed by atoms with E-state index < -0.39 is 24.0 Å². The number of hydrogen-bond acceptors (Lipinski definition) is 5. The Balaban J connectivity index is 1.26. The molecule has 32 heavy (non-hydrogen) atoms. The average molecular weight is 438 g/mol. The fraction of sp³-hybridized carbons (Fsp3) is 0.375. The number of carbonyl (C=O) groups is 3. The molecule has 2 unspecified atom stereocenters. The van der Waals surface area contributed by atoms with Crippen LogP contribution in [0.5, 0.6) is 0 Å². The normalized spacial score (nSPS) is 20.2. The lowest BCUT2D eigenvalue weighted by Crippen LogP contribution is -2.46. The predicted molar refractivity (Wildman–Crippen MR) is 116 cm³/mol. The third kappa shape index (κ3) is 4.60. The number of hydrogen-bond donors (Lipinski definition) is 3. The third-order valence-electron chi connectivity index (χ3n) is 6.01. The smallest absolute Gasteiger partial charge is 0.407 e. The van der Waals surface area contributed by atoms with Crippen molar-refractivity contribution in [3.63, 3.8) is 0 Å². The van der Waals surface area contributed by atoms with E-state index in [1.165, 1.54) is 0 Å². The number of carbonyl (C=O) groups excluding carboxylic acids is 2. The first-order valence-electron chi connectivity index (χ1n) is 10.7. The fourth-order valence-electron chi connectivity index (χ4n) is 4.27. The molecule has 0 aromatic heterocycles. The van der Waals surface area contributed by atoms with Crippen LogP contribution in [0.15, 0.2) is 48.5 Å². The molecular formula is C24H26N2O6. The van der Waals surface area contributed by atoms with E-state index in [0.29, 0.717) is 6.42 Å². The summed E-state index contributed by atoms with van der Waals surface area (Å²) < 4.78 is 10.8. The van der Waals surface area contributed by atoms with Crippen LogP contribution in [-0.2, 0) is 19.1 Å². The van der Waals surface area contributed by atoms with Crippen molar-refractivity contribution in [1.82, 2.24) is 10.6 Å². The molecule has 2 aromatic rings. The van der Waals surface area contributed by atoms with E-state index >= 15 is 0 Å². The lowest BCUT2D eigenvalue weighted by Gasteiger charge is -2.18. The molecule has 168 valence electrons. The van der Waals surface area contributed by atoms with Crippen molar-refractivity contribution in [2.45, 2.75) is 31.4 Å². The van der Waals surface area contributed by atoms with Gasteiger partial charge in [-0.3, -0.25) is 9.59 Å². The molecular weight excluding hydrogens is 412 g/mol. The zero-order chi connectivity index (χ0) is 22.7. The maximum Gasteiger partial charge on any atom is 0.407 e. The molecule has 4 rings (SSSR count). The van der Waals surface area contributed by atoms with Gasteiger partial charge in [0.15, 0.2) is 0 Å². The van der Waals surface area contributed by atoms with Crippen molar-refractivity contribution in [2.24, 2.45) is 5.92 Å². The summed E-state index contributed by atoms with van der Waals surface area (Å²) in [7, 11) is 0. The number of benzene rings is 2. The minimum Gasteiger partial charge on any atom is -0.481 e. The molecule has 1 fully saturated rings. The van der Waals surface area contributed by atoms with Crippen molar-refractivity contribution in [3.8, 4) is 11.1 Å². The van der Waals surface area contributed by atoms with E-state index in [9.17, 15) is 14.4 Å². The van der Waals surface area contributed by atoms with Gasteiger partial charge in [0.25, 0.3) is 0 Å². The van der Waals surface area contributed by atoms with E-state index in [-0.39, 0.29) is 37.7 Å². The van der Waals surface area contributed by atoms with Crippen LogP contribution in [0, 0.1) is 5.92 Å². The van der Waals surface area contributed by atoms with Gasteiger partial charge in [-0.15, -0.1) is 0 Å². The molecule has 0 spiro atoms. The molecule has 2 amide bonds. The minimum absolute atomic E-state index is 0.0565. The Bertz CT molecular complexity index is 978. The Morgan fingerprint density at radius 2 is 1.72 bits per heavy atom. The monoisotopic (exact) mass is 438 g/mol. The van der Waals surface area contributed by atoms with Gasteiger partial charge in [0.1, 0.15) is 12.6 Å². The first kappa shape index (κ1) is 21.8. The van der Waals surface area contributed by atoms with Crippen LogP contribution >= 0.6 is 0 Å². The molecule has 2 aromatic carbocycles. The largest absolute Gasteiger partial charge is 0.481 e. The van der Waals surface area contributed by atoms with Crippen molar-refractivity contribution in [3.05, 3.63) is 59.7 Å². The van der Waals surface area contributed by atoms with Crippen LogP contribution in [0.1, 0.15) is 30.4 Å². The standard InChI is InChI=1S/C24H26N2O6/c1-14(22(27)25-11-16-10-15(12-31-16)23(28)29)26-24(30)32-13-21-19-8-4-2-6-17(19)18-7-3-5-9-20(18)21/h2-9,14-16,21H,10-13H2,1H3,(H,25,27)(H,26,30)(H,28,29)/t14-,15?,16?/m0/s1. The van der Waals surface area contributed by atoms with Gasteiger partial charge in [0.05, 0.1) is 18.6 Å². The van der Waals surface area contributed by atoms with E-state index in [4.69, 9.17) is 14.6 Å². The number of fused-ring (bicyclic) bond motifs is 3. The molecule has 0 bridgehead atoms. The molecule has 1 aliphatic carbocycles. The maximum atomic E-state index is 12.3. The van der Waals surface area contributed by atoms with Gasteiger partial charge < -0.3 is 25.2 Å². The second-order valence-corrected chi connectivity index (χ2v) is 8.16. The van der Waals surface area contributed by atoms with Crippen LogP contribution in [0.25, 0.3) is 11.1 Å². The first-order valence-corrected chi connectivity index (χ1v) is 10.7. The summed E-state index contributed by atoms with van der Waals surface area (Å²) >= 11 is 0. The van der Waals surface area contributed by atoms with Crippen molar-refractivity contribution in [1.29, 1.82) is 0 Å². The van der Waals surface area contributed by atoms with Gasteiger partial charge in [-0.05, 0) is 35.6 Å².